The minimum absolute atomic E-state index is 0.0857. The molecule has 0 spiro atoms. The molecule has 6 nitrogen and oxygen atoms in total. The van der Waals surface area contributed by atoms with Gasteiger partial charge in [0.1, 0.15) is 23.1 Å². The van der Waals surface area contributed by atoms with Crippen LogP contribution in [0.15, 0.2) is 40.9 Å². The molecule has 0 aliphatic heterocycles. The molecule has 0 aliphatic carbocycles. The number of fused-ring (bicyclic) bond motifs is 1. The number of carbonyl (C=O) groups is 1. The van der Waals surface area contributed by atoms with E-state index in [1.54, 1.807) is 12.1 Å². The highest BCUT2D eigenvalue weighted by Crippen LogP contribution is 2.33. The molecule has 129 valence electrons. The Kier molecular flexibility index (Phi) is 5.05. The van der Waals surface area contributed by atoms with Gasteiger partial charge in [-0.25, -0.2) is 4.98 Å². The van der Waals surface area contributed by atoms with Crippen molar-refractivity contribution < 1.29 is 9.53 Å². The Morgan fingerprint density at radius 3 is 2.92 bits per heavy atom. The van der Waals surface area contributed by atoms with E-state index in [1.807, 2.05) is 37.3 Å². The monoisotopic (exact) mass is 409 g/mol. The van der Waals surface area contributed by atoms with Gasteiger partial charge in [0.2, 0.25) is 0 Å². The van der Waals surface area contributed by atoms with Crippen LogP contribution in [0.1, 0.15) is 23.0 Å². The lowest BCUT2D eigenvalue weighted by Gasteiger charge is -2.14. The fraction of sp³-hybridized carbons (Fsp3) is 0.105. The van der Waals surface area contributed by atoms with Crippen LogP contribution in [0, 0.1) is 17.4 Å². The Morgan fingerprint density at radius 1 is 1.46 bits per heavy atom. The molecule has 0 unspecified atom stereocenters. The molecule has 1 heterocycles. The predicted molar refractivity (Wildman–Crippen MR) is 102 cm³/mol. The number of nitrogens with two attached hydrogens (primary N) is 1. The summed E-state index contributed by atoms with van der Waals surface area (Å²) in [6.45, 7) is 2.34. The molecule has 3 rings (SSSR count). The third-order valence-corrected chi connectivity index (χ3v) is 4.12. The number of hydrogen-bond donors (Lipinski definition) is 2. The van der Waals surface area contributed by atoms with Gasteiger partial charge in [0.25, 0.3) is 5.91 Å². The average Bonchev–Trinajstić information content (AvgIpc) is 2.61. The third-order valence-electron chi connectivity index (χ3n) is 3.63. The Hall–Kier alpha value is -3.11. The molecule has 7 heteroatoms. The number of amides is 1. The minimum atomic E-state index is -0.772. The zero-order valence-electron chi connectivity index (χ0n) is 13.8. The fourth-order valence-electron chi connectivity index (χ4n) is 2.55. The van der Waals surface area contributed by atoms with Gasteiger partial charge in [0, 0.05) is 27.7 Å². The number of rotatable bonds is 5. The van der Waals surface area contributed by atoms with Crippen LogP contribution < -0.4 is 15.8 Å². The van der Waals surface area contributed by atoms with E-state index < -0.39 is 5.91 Å². The van der Waals surface area contributed by atoms with Gasteiger partial charge in [-0.2, -0.15) is 5.26 Å². The number of anilines is 2. The Bertz CT molecular complexity index is 1040. The molecule has 1 radical (unpaired) electrons. The second-order valence-electron chi connectivity index (χ2n) is 5.35. The number of nitrogens with one attached hydrogen (secondary N) is 1. The molecule has 3 aromatic rings. The number of benzene rings is 2. The summed E-state index contributed by atoms with van der Waals surface area (Å²) in [4.78, 5) is 16.1. The molecule has 0 aliphatic rings. The number of ether oxygens (including phenoxy) is 1. The number of primary amides is 1. The maximum absolute atomic E-state index is 11.8. The lowest BCUT2D eigenvalue weighted by molar-refractivity contribution is 0.0995. The van der Waals surface area contributed by atoms with Gasteiger partial charge < -0.3 is 15.8 Å². The van der Waals surface area contributed by atoms with E-state index in [4.69, 9.17) is 10.5 Å². The van der Waals surface area contributed by atoms with Crippen molar-refractivity contribution in [2.75, 3.05) is 11.9 Å². The van der Waals surface area contributed by atoms with Crippen LogP contribution in [0.2, 0.25) is 0 Å². The molecule has 0 bridgehead atoms. The largest absolute Gasteiger partial charge is 0.493 e. The first kappa shape index (κ1) is 17.7. The smallest absolute Gasteiger partial charge is 0.268 e. The number of nitrogens with zero attached hydrogens (tertiary/aromatic N) is 2. The summed E-state index contributed by atoms with van der Waals surface area (Å²) in [5.74, 6) is -0.271. The number of aromatic nitrogens is 1. The summed E-state index contributed by atoms with van der Waals surface area (Å²) < 4.78 is 6.32. The molecule has 0 saturated heterocycles. The van der Waals surface area contributed by atoms with Crippen LogP contribution in [-0.4, -0.2) is 17.5 Å². The number of hydrogen-bond acceptors (Lipinski definition) is 5. The lowest BCUT2D eigenvalue weighted by atomic mass is 10.1. The van der Waals surface area contributed by atoms with Gasteiger partial charge in [-0.15, -0.1) is 0 Å². The van der Waals surface area contributed by atoms with Gasteiger partial charge in [0.15, 0.2) is 0 Å². The van der Waals surface area contributed by atoms with Gasteiger partial charge in [-0.3, -0.25) is 4.79 Å². The van der Waals surface area contributed by atoms with Crippen LogP contribution in [0.3, 0.4) is 0 Å². The van der Waals surface area contributed by atoms with Crippen LogP contribution in [0.4, 0.5) is 11.4 Å². The number of nitriles is 1. The SMILES string of the molecule is CCOc1[c]cc2c(Nc3cccc(Br)c3)c(C#N)c(C(N)=O)nc2c1. The molecule has 0 fully saturated rings. The number of halogens is 1. The number of carbonyl (C=O) groups excluding carboxylic acids is 1. The van der Waals surface area contributed by atoms with Crippen molar-refractivity contribution in [1.29, 1.82) is 5.26 Å². The van der Waals surface area contributed by atoms with Crippen molar-refractivity contribution in [1.82, 2.24) is 4.98 Å². The number of pyridine rings is 1. The summed E-state index contributed by atoms with van der Waals surface area (Å²) >= 11 is 3.41. The highest BCUT2D eigenvalue weighted by molar-refractivity contribution is 9.10. The Labute approximate surface area is 158 Å². The Balaban J connectivity index is 2.26. The van der Waals surface area contributed by atoms with E-state index in [-0.39, 0.29) is 11.3 Å². The molecule has 1 aromatic heterocycles. The highest BCUT2D eigenvalue weighted by Gasteiger charge is 2.19. The summed E-state index contributed by atoms with van der Waals surface area (Å²) in [5, 5.41) is 13.4. The van der Waals surface area contributed by atoms with Gasteiger partial charge in [-0.1, -0.05) is 22.0 Å². The van der Waals surface area contributed by atoms with Gasteiger partial charge in [-0.05, 0) is 31.2 Å². The van der Waals surface area contributed by atoms with Crippen molar-refractivity contribution in [3.8, 4) is 11.8 Å². The van der Waals surface area contributed by atoms with E-state index in [2.05, 4.69) is 32.3 Å². The first-order valence-corrected chi connectivity index (χ1v) is 8.57. The van der Waals surface area contributed by atoms with E-state index in [9.17, 15) is 10.1 Å². The first-order chi connectivity index (χ1) is 12.5. The maximum atomic E-state index is 11.8. The highest BCUT2D eigenvalue weighted by atomic mass is 79.9. The summed E-state index contributed by atoms with van der Waals surface area (Å²) in [6, 6.07) is 15.8. The molecule has 1 amide bonds. The first-order valence-electron chi connectivity index (χ1n) is 7.78. The van der Waals surface area contributed by atoms with Gasteiger partial charge in [0.05, 0.1) is 17.8 Å². The van der Waals surface area contributed by atoms with Gasteiger partial charge >= 0.3 is 0 Å². The predicted octanol–water partition coefficient (Wildman–Crippen LogP) is 3.91. The van der Waals surface area contributed by atoms with Crippen molar-refractivity contribution in [2.45, 2.75) is 6.92 Å². The molecule has 0 saturated carbocycles. The van der Waals surface area contributed by atoms with Crippen molar-refractivity contribution in [3.63, 3.8) is 0 Å². The molecule has 26 heavy (non-hydrogen) atoms. The molecule has 3 N–H and O–H groups in total. The van der Waals surface area contributed by atoms with E-state index in [1.165, 1.54) is 0 Å². The summed E-state index contributed by atoms with van der Waals surface area (Å²) in [7, 11) is 0. The Morgan fingerprint density at radius 2 is 2.27 bits per heavy atom. The van der Waals surface area contributed by atoms with Crippen LogP contribution in [0.25, 0.3) is 10.9 Å². The second-order valence-corrected chi connectivity index (χ2v) is 6.27. The van der Waals surface area contributed by atoms with E-state index in [0.29, 0.717) is 28.9 Å². The van der Waals surface area contributed by atoms with Crippen LogP contribution >= 0.6 is 15.9 Å². The minimum Gasteiger partial charge on any atom is -0.493 e. The van der Waals surface area contributed by atoms with Crippen molar-refractivity contribution >= 4 is 44.1 Å². The van der Waals surface area contributed by atoms with E-state index in [0.717, 1.165) is 10.2 Å². The molecular formula is C19H14BrN4O2. The second kappa shape index (κ2) is 7.42. The summed E-state index contributed by atoms with van der Waals surface area (Å²) in [5.41, 5.74) is 7.11. The molecule has 2 aromatic carbocycles. The zero-order valence-corrected chi connectivity index (χ0v) is 15.4. The topological polar surface area (TPSA) is 101 Å². The lowest BCUT2D eigenvalue weighted by Crippen LogP contribution is -2.16. The summed E-state index contributed by atoms with van der Waals surface area (Å²) in [6.07, 6.45) is 0. The van der Waals surface area contributed by atoms with Crippen molar-refractivity contribution in [2.24, 2.45) is 5.73 Å². The third kappa shape index (κ3) is 3.46. The standard InChI is InChI=1S/C19H14BrN4O2/c1-2-26-13-6-7-14-16(9-13)24-18(19(22)25)15(10-21)17(14)23-12-5-3-4-11(20)8-12/h3-5,7-9H,2H2,1H3,(H2,22,25)(H,23,24). The zero-order chi connectivity index (χ0) is 18.7. The molecular weight excluding hydrogens is 396 g/mol. The van der Waals surface area contributed by atoms with Crippen LogP contribution in [0.5, 0.6) is 5.75 Å². The fourth-order valence-corrected chi connectivity index (χ4v) is 2.95. The molecule has 0 atom stereocenters. The van der Waals surface area contributed by atoms with E-state index >= 15 is 0 Å². The van der Waals surface area contributed by atoms with Crippen LogP contribution in [-0.2, 0) is 0 Å². The quantitative estimate of drug-likeness (QED) is 0.664. The normalized spacial score (nSPS) is 10.3. The maximum Gasteiger partial charge on any atom is 0.268 e. The van der Waals surface area contributed by atoms with Crippen molar-refractivity contribution in [3.05, 3.63) is 58.2 Å². The average molecular weight is 410 g/mol.